The van der Waals surface area contributed by atoms with Crippen molar-refractivity contribution in [3.8, 4) is 5.75 Å². The number of unbranched alkanes of at least 4 members (excludes halogenated alkanes) is 1. The Morgan fingerprint density at radius 1 is 0.448 bits per heavy atom. The van der Waals surface area contributed by atoms with Gasteiger partial charge in [0.25, 0.3) is 0 Å². The van der Waals surface area contributed by atoms with Crippen LogP contribution in [0.25, 0.3) is 0 Å². The Labute approximate surface area is 726 Å². The molecule has 2 aromatic carbocycles. The summed E-state index contributed by atoms with van der Waals surface area (Å²) in [6.45, 7) is 9.12. The monoisotopic (exact) mass is 1760 g/mol. The molecule has 0 unspecified atom stereocenters. The van der Waals surface area contributed by atoms with E-state index in [1.54, 1.807) is 58.0 Å². The fourth-order valence-corrected chi connectivity index (χ4v) is 15.6. The lowest BCUT2D eigenvalue weighted by Gasteiger charge is -2.35. The molecule has 0 radical (unpaired) electrons. The number of phenolic OH excluding ortho intramolecular Hbond substituents is 1. The van der Waals surface area contributed by atoms with Gasteiger partial charge in [-0.2, -0.15) is 0 Å². The quantitative estimate of drug-likeness (QED) is 0.0167. The molecule has 692 valence electrons. The number of amides is 16. The van der Waals surface area contributed by atoms with Crippen molar-refractivity contribution in [1.29, 1.82) is 0 Å². The number of benzene rings is 2. The summed E-state index contributed by atoms with van der Waals surface area (Å²) in [4.78, 5) is 248. The van der Waals surface area contributed by atoms with Gasteiger partial charge in [-0.1, -0.05) is 90.4 Å². The lowest BCUT2D eigenvalue weighted by atomic mass is 9.95. The molecule has 16 amide bonds. The Balaban J connectivity index is 1.19. The van der Waals surface area contributed by atoms with E-state index in [-0.39, 0.29) is 133 Å². The van der Waals surface area contributed by atoms with Crippen LogP contribution in [-0.4, -0.2) is 290 Å². The Hall–Kier alpha value is -11.7. The van der Waals surface area contributed by atoms with Gasteiger partial charge in [0.05, 0.1) is 25.7 Å². The highest BCUT2D eigenvalue weighted by atomic mass is 16.4. The van der Waals surface area contributed by atoms with E-state index in [0.717, 1.165) is 9.80 Å². The van der Waals surface area contributed by atoms with Crippen molar-refractivity contribution in [2.75, 3.05) is 52.5 Å². The minimum Gasteiger partial charge on any atom is -0.508 e. The molecule has 16 atom stereocenters. The number of rotatable bonds is 50. The van der Waals surface area contributed by atoms with Gasteiger partial charge in [0.2, 0.25) is 94.5 Å². The van der Waals surface area contributed by atoms with Gasteiger partial charge in [-0.3, -0.25) is 81.7 Å². The number of nitrogens with zero attached hydrogens (tertiary/aromatic N) is 5. The van der Waals surface area contributed by atoms with Gasteiger partial charge < -0.3 is 128 Å². The molecule has 0 spiro atoms. The molecule has 4 heterocycles. The zero-order chi connectivity index (χ0) is 92.5. The van der Waals surface area contributed by atoms with Crippen LogP contribution in [0.4, 0.5) is 0 Å². The summed E-state index contributed by atoms with van der Waals surface area (Å²) in [7, 11) is 0. The highest BCUT2D eigenvalue weighted by Gasteiger charge is 2.49. The van der Waals surface area contributed by atoms with E-state index < -0.39 is 230 Å². The maximum absolute atomic E-state index is 15.1. The van der Waals surface area contributed by atoms with Gasteiger partial charge in [-0.15, -0.1) is 0 Å². The van der Waals surface area contributed by atoms with Crippen molar-refractivity contribution in [2.24, 2.45) is 57.1 Å². The van der Waals surface area contributed by atoms with Crippen LogP contribution < -0.4 is 87.6 Å². The SMILES string of the molecule is CC[C@H](C)[C@H](NC(=O)[C@H](CC(C)C)NC(=O)[C@@H](N)CCCN=C(N)N)C(=O)N[C@@H](CCCCN)C(=O)N[C@@H](Cc1ccccc1)C(=O)N[C@@H](CC(C)C)C(=O)N[C@@H](Cc1ccc(O)cc1)C(=O)N[C@@H](CCC(N)=O)C(=O)N[C@@H](CO)C(=O)N[C@@H](CC(N)=O)C(=O)N1CCC[C@H]1C(=O)N1CCC[C@H]1C(=O)N1CCC[C@H]1C(=O)N[C@@H](CO)C(=O)N1CCC[C@H]1C(=O)O. The van der Waals surface area contributed by atoms with Gasteiger partial charge in [0.1, 0.15) is 90.3 Å². The second-order valence-corrected chi connectivity index (χ2v) is 33.2. The van der Waals surface area contributed by atoms with Crippen LogP contribution in [0.15, 0.2) is 59.6 Å². The van der Waals surface area contributed by atoms with Crippen LogP contribution in [0.5, 0.6) is 5.75 Å². The molecule has 4 fully saturated rings. The topological polar surface area (TPSA) is 673 Å². The molecular weight excluding hydrogens is 1630 g/mol. The van der Waals surface area contributed by atoms with E-state index in [0.29, 0.717) is 56.1 Å². The number of carboxylic acid groups (broad SMARTS) is 1. The third-order valence-corrected chi connectivity index (χ3v) is 22.5. The van der Waals surface area contributed by atoms with Gasteiger partial charge in [-0.05, 0) is 150 Å². The second kappa shape index (κ2) is 50.3. The molecule has 4 saturated heterocycles. The average Bonchev–Trinajstić information content (AvgIpc) is 1.71. The zero-order valence-electron chi connectivity index (χ0n) is 72.0. The predicted molar refractivity (Wildman–Crippen MR) is 453 cm³/mol. The van der Waals surface area contributed by atoms with E-state index in [2.05, 4.69) is 58.2 Å². The number of carbonyl (C=O) groups is 17. The molecule has 0 aromatic heterocycles. The first-order valence-corrected chi connectivity index (χ1v) is 42.9. The second-order valence-electron chi connectivity index (χ2n) is 33.2. The van der Waals surface area contributed by atoms with Crippen molar-refractivity contribution in [3.63, 3.8) is 0 Å². The number of phenols is 1. The Kier molecular flexibility index (Phi) is 41.1. The van der Waals surface area contributed by atoms with Crippen LogP contribution in [0.2, 0.25) is 0 Å². The molecule has 42 heteroatoms. The highest BCUT2D eigenvalue weighted by molar-refractivity contribution is 6.02. The zero-order valence-corrected chi connectivity index (χ0v) is 72.0. The molecule has 42 nitrogen and oxygen atoms in total. The number of likely N-dealkylation sites (tertiary alicyclic amines) is 4. The molecule has 0 saturated carbocycles. The number of nitrogens with one attached hydrogen (secondary N) is 10. The van der Waals surface area contributed by atoms with Crippen LogP contribution in [-0.2, 0) is 94.3 Å². The Morgan fingerprint density at radius 2 is 0.872 bits per heavy atom. The molecule has 0 aliphatic carbocycles. The van der Waals surface area contributed by atoms with Gasteiger partial charge in [-0.25, -0.2) is 4.79 Å². The first-order chi connectivity index (χ1) is 59.3. The molecule has 2 aromatic rings. The third kappa shape index (κ3) is 31.2. The Morgan fingerprint density at radius 3 is 1.38 bits per heavy atom. The number of guanidine groups is 1. The third-order valence-electron chi connectivity index (χ3n) is 22.5. The lowest BCUT2D eigenvalue weighted by molar-refractivity contribution is -0.152. The molecule has 4 aliphatic rings. The fraction of sp³-hybridized carbons (Fsp3) is 0.639. The van der Waals surface area contributed by atoms with Crippen LogP contribution in [0.3, 0.4) is 0 Å². The summed E-state index contributed by atoms with van der Waals surface area (Å²) < 4.78 is 0. The number of aliphatic carboxylic acids is 1. The van der Waals surface area contributed by atoms with Crippen molar-refractivity contribution in [3.05, 3.63) is 65.7 Å². The standard InChI is InChI=1S/C83H129N21O21/c1-7-47(6)67(100-74(116)55(39-46(4)5)93-68(110)51(85)20-13-33-90-83(88)89)77(119)92-52(21-11-12-32-84)69(111)95-56(40-48-18-9-8-10-19-48)73(115)94-54(38-45(2)3)71(113)96-57(41-49-26-28-50(107)29-27-49)72(114)91-53(30-31-65(86)108)70(112)98-59(43-105)75(117)97-58(42-66(87)109)78(120)102-35-15-23-62(102)81(123)103-36-16-24-63(103)80(122)101-34-14-22-61(101)76(118)99-60(44-106)79(121)104-37-17-25-64(104)82(124)125/h8-10,18-19,26-29,45-47,51-64,67,105-107H,7,11-17,20-25,30-44,84-85H2,1-6H3,(H2,86,108)(H2,87,109)(H,91,114)(H,92,119)(H,93,110)(H,94,115)(H,95,111)(H,96,113)(H,97,117)(H,98,112)(H,99,118)(H,100,116)(H,124,125)(H4,88,89,90)/t47-,51-,52-,53-,54-,55-,56-,57-,58-,59-,60-,61-,62-,63-,64-,67-/m0/s1. The lowest BCUT2D eigenvalue weighted by Crippen LogP contribution is -2.62. The van der Waals surface area contributed by atoms with Crippen LogP contribution in [0, 0.1) is 17.8 Å². The first-order valence-electron chi connectivity index (χ1n) is 42.9. The number of aliphatic imine (C=N–C) groups is 1. The molecule has 0 bridgehead atoms. The molecule has 6 rings (SSSR count). The first kappa shape index (κ1) is 102. The minimum atomic E-state index is -2.00. The average molecular weight is 1760 g/mol. The number of aliphatic hydroxyl groups excluding tert-OH is 2. The van der Waals surface area contributed by atoms with Gasteiger partial charge in [0, 0.05) is 52.0 Å². The van der Waals surface area contributed by atoms with Crippen molar-refractivity contribution in [1.82, 2.24) is 72.8 Å². The summed E-state index contributed by atoms with van der Waals surface area (Å²) in [5.74, 6) is -17.0. The van der Waals surface area contributed by atoms with Crippen molar-refractivity contribution in [2.45, 2.75) is 267 Å². The van der Waals surface area contributed by atoms with Crippen molar-refractivity contribution < 1.29 is 102 Å². The summed E-state index contributed by atoms with van der Waals surface area (Å²) in [5.41, 5.74) is 35.0. The van der Waals surface area contributed by atoms with E-state index in [4.69, 9.17) is 34.4 Å². The van der Waals surface area contributed by atoms with Gasteiger partial charge >= 0.3 is 5.97 Å². The molecule has 26 N–H and O–H groups in total. The summed E-state index contributed by atoms with van der Waals surface area (Å²) in [5, 5.41) is 67.0. The number of carboxylic acids is 1. The number of primary amides is 2. The maximum Gasteiger partial charge on any atom is 0.326 e. The number of nitrogens with two attached hydrogens (primary N) is 6. The van der Waals surface area contributed by atoms with Crippen LogP contribution >= 0.6 is 0 Å². The van der Waals surface area contributed by atoms with E-state index in [9.17, 15) is 92.3 Å². The smallest absolute Gasteiger partial charge is 0.326 e. The normalized spacial score (nSPS) is 19.1. The van der Waals surface area contributed by atoms with Crippen LogP contribution in [0.1, 0.15) is 175 Å². The molecular formula is C83H129N21O21. The number of aromatic hydroxyl groups is 1. The predicted octanol–water partition coefficient (Wildman–Crippen LogP) is -5.15. The summed E-state index contributed by atoms with van der Waals surface area (Å²) >= 11 is 0. The molecule has 4 aliphatic heterocycles. The van der Waals surface area contributed by atoms with Gasteiger partial charge in [0.15, 0.2) is 5.96 Å². The van der Waals surface area contributed by atoms with E-state index in [1.807, 2.05) is 13.8 Å². The summed E-state index contributed by atoms with van der Waals surface area (Å²) in [6, 6.07) is -7.42. The van der Waals surface area contributed by atoms with Crippen molar-refractivity contribution >= 4 is 106 Å². The number of carbonyl (C=O) groups excluding carboxylic acids is 16. The minimum absolute atomic E-state index is 0.00468. The largest absolute Gasteiger partial charge is 0.508 e. The number of aliphatic hydroxyl groups is 2. The number of hydrogen-bond donors (Lipinski definition) is 20. The Bertz CT molecular complexity index is 4100. The summed E-state index contributed by atoms with van der Waals surface area (Å²) in [6.07, 6.45) is 0.887. The number of hydrogen-bond acceptors (Lipinski definition) is 23. The molecule has 125 heavy (non-hydrogen) atoms. The highest BCUT2D eigenvalue weighted by Crippen LogP contribution is 2.30. The fourth-order valence-electron chi connectivity index (χ4n) is 15.6. The van der Waals surface area contributed by atoms with E-state index in [1.165, 1.54) is 34.1 Å². The van der Waals surface area contributed by atoms with E-state index >= 15 is 9.59 Å². The maximum atomic E-state index is 15.1.